The summed E-state index contributed by atoms with van der Waals surface area (Å²) in [5, 5.41) is 1.24. The third-order valence-electron chi connectivity index (χ3n) is 1.13. The SMILES string of the molecule is FC(F)C(F)C=CSc1ncc(Cl)s1. The molecule has 7 heteroatoms. The second kappa shape index (κ2) is 5.63. The minimum absolute atomic E-state index is 0.506. The molecule has 0 fully saturated rings. The van der Waals surface area contributed by atoms with Crippen LogP contribution in [-0.4, -0.2) is 17.6 Å². The van der Waals surface area contributed by atoms with E-state index in [0.717, 1.165) is 17.8 Å². The fourth-order valence-electron chi connectivity index (χ4n) is 0.551. The zero-order chi connectivity index (χ0) is 10.6. The molecule has 1 rings (SSSR count). The number of allylic oxidation sites excluding steroid dienone is 1. The first-order chi connectivity index (χ1) is 6.59. The molecule has 1 aromatic rings. The average Bonchev–Trinajstić information content (AvgIpc) is 2.51. The molecule has 1 aromatic heterocycles. The number of alkyl halides is 3. The van der Waals surface area contributed by atoms with Gasteiger partial charge in [0.2, 0.25) is 0 Å². The van der Waals surface area contributed by atoms with E-state index in [-0.39, 0.29) is 0 Å². The van der Waals surface area contributed by atoms with Crippen LogP contribution in [0, 0.1) is 0 Å². The maximum Gasteiger partial charge on any atom is 0.272 e. The summed E-state index contributed by atoms with van der Waals surface area (Å²) in [5.41, 5.74) is 0. The molecule has 78 valence electrons. The number of thioether (sulfide) groups is 1. The lowest BCUT2D eigenvalue weighted by molar-refractivity contribution is 0.0751. The van der Waals surface area contributed by atoms with Crippen molar-refractivity contribution >= 4 is 34.7 Å². The van der Waals surface area contributed by atoms with E-state index < -0.39 is 12.6 Å². The van der Waals surface area contributed by atoms with E-state index in [1.165, 1.54) is 22.9 Å². The Balaban J connectivity index is 2.40. The molecular formula is C7H5ClF3NS2. The van der Waals surface area contributed by atoms with Crippen molar-refractivity contribution in [3.05, 3.63) is 22.0 Å². The molecule has 0 bridgehead atoms. The quantitative estimate of drug-likeness (QED) is 0.758. The van der Waals surface area contributed by atoms with Crippen molar-refractivity contribution in [2.75, 3.05) is 0 Å². The summed E-state index contributed by atoms with van der Waals surface area (Å²) in [5.74, 6) is 0. The Morgan fingerprint density at radius 1 is 1.50 bits per heavy atom. The molecule has 0 amide bonds. The molecule has 1 unspecified atom stereocenters. The van der Waals surface area contributed by atoms with Crippen LogP contribution in [0.15, 0.2) is 22.0 Å². The summed E-state index contributed by atoms with van der Waals surface area (Å²) in [6.07, 6.45) is -2.96. The maximum atomic E-state index is 12.3. The normalized spacial score (nSPS) is 14.1. The first-order valence-electron chi connectivity index (χ1n) is 3.46. The maximum absolute atomic E-state index is 12.3. The van der Waals surface area contributed by atoms with Gasteiger partial charge < -0.3 is 0 Å². The van der Waals surface area contributed by atoms with Gasteiger partial charge >= 0.3 is 0 Å². The number of thiazole rings is 1. The van der Waals surface area contributed by atoms with Gasteiger partial charge in [0.25, 0.3) is 6.43 Å². The summed E-state index contributed by atoms with van der Waals surface area (Å²) in [6.45, 7) is 0. The van der Waals surface area contributed by atoms with Gasteiger partial charge in [-0.1, -0.05) is 34.7 Å². The highest BCUT2D eigenvalue weighted by Crippen LogP contribution is 2.28. The minimum Gasteiger partial charge on any atom is -0.237 e. The molecule has 1 nitrogen and oxygen atoms in total. The Bertz CT molecular complexity index is 316. The van der Waals surface area contributed by atoms with Gasteiger partial charge in [0.1, 0.15) is 4.34 Å². The average molecular weight is 260 g/mol. The van der Waals surface area contributed by atoms with E-state index in [1.807, 2.05) is 0 Å². The largest absolute Gasteiger partial charge is 0.272 e. The molecular weight excluding hydrogens is 255 g/mol. The Morgan fingerprint density at radius 3 is 2.71 bits per heavy atom. The lowest BCUT2D eigenvalue weighted by Crippen LogP contribution is -2.07. The number of halogens is 4. The predicted octanol–water partition coefficient (Wildman–Crippen LogP) is 4.01. The zero-order valence-corrected chi connectivity index (χ0v) is 9.05. The highest BCUT2D eigenvalue weighted by atomic mass is 35.5. The number of hydrogen-bond acceptors (Lipinski definition) is 3. The smallest absolute Gasteiger partial charge is 0.237 e. The minimum atomic E-state index is -2.98. The van der Waals surface area contributed by atoms with Crippen molar-refractivity contribution < 1.29 is 13.2 Å². The van der Waals surface area contributed by atoms with Crippen molar-refractivity contribution in [3.63, 3.8) is 0 Å². The van der Waals surface area contributed by atoms with Crippen LogP contribution in [0.4, 0.5) is 13.2 Å². The van der Waals surface area contributed by atoms with E-state index in [4.69, 9.17) is 11.6 Å². The number of hydrogen-bond donors (Lipinski definition) is 0. The molecule has 14 heavy (non-hydrogen) atoms. The summed E-state index contributed by atoms with van der Waals surface area (Å²) in [6, 6.07) is 0. The molecule has 1 atom stereocenters. The van der Waals surface area contributed by atoms with Crippen molar-refractivity contribution in [3.8, 4) is 0 Å². The predicted molar refractivity (Wildman–Crippen MR) is 53.0 cm³/mol. The Labute approximate surface area is 92.0 Å². The van der Waals surface area contributed by atoms with Crippen LogP contribution in [0.25, 0.3) is 0 Å². The third kappa shape index (κ3) is 3.89. The van der Waals surface area contributed by atoms with Crippen LogP contribution in [0.3, 0.4) is 0 Å². The topological polar surface area (TPSA) is 12.9 Å². The molecule has 0 aliphatic heterocycles. The number of nitrogens with zero attached hydrogens (tertiary/aromatic N) is 1. The summed E-state index contributed by atoms with van der Waals surface area (Å²) in [4.78, 5) is 3.85. The van der Waals surface area contributed by atoms with Crippen molar-refractivity contribution in [1.29, 1.82) is 0 Å². The van der Waals surface area contributed by atoms with Crippen molar-refractivity contribution in [2.45, 2.75) is 16.9 Å². The molecule has 0 aromatic carbocycles. The van der Waals surface area contributed by atoms with Gasteiger partial charge in [0.15, 0.2) is 10.5 Å². The van der Waals surface area contributed by atoms with E-state index >= 15 is 0 Å². The van der Waals surface area contributed by atoms with Crippen LogP contribution < -0.4 is 0 Å². The van der Waals surface area contributed by atoms with Gasteiger partial charge in [-0.2, -0.15) is 0 Å². The van der Waals surface area contributed by atoms with Gasteiger partial charge in [-0.25, -0.2) is 18.2 Å². The van der Waals surface area contributed by atoms with E-state index in [2.05, 4.69) is 4.98 Å². The van der Waals surface area contributed by atoms with E-state index in [0.29, 0.717) is 8.68 Å². The highest BCUT2D eigenvalue weighted by molar-refractivity contribution is 8.03. The zero-order valence-electron chi connectivity index (χ0n) is 6.66. The Hall–Kier alpha value is -0.200. The fourth-order valence-corrected chi connectivity index (χ4v) is 2.42. The second-order valence-corrected chi connectivity index (χ2v) is 4.97. The first-order valence-corrected chi connectivity index (χ1v) is 5.54. The van der Waals surface area contributed by atoms with Crippen molar-refractivity contribution in [1.82, 2.24) is 4.98 Å². The number of aromatic nitrogens is 1. The van der Waals surface area contributed by atoms with Crippen molar-refractivity contribution in [2.24, 2.45) is 0 Å². The molecule has 0 saturated heterocycles. The molecule has 0 aliphatic rings. The molecule has 0 aliphatic carbocycles. The summed E-state index contributed by atoms with van der Waals surface area (Å²) < 4.78 is 36.8. The summed E-state index contributed by atoms with van der Waals surface area (Å²) in [7, 11) is 0. The van der Waals surface area contributed by atoms with Crippen LogP contribution in [0.1, 0.15) is 0 Å². The molecule has 0 saturated carbocycles. The van der Waals surface area contributed by atoms with E-state index in [1.54, 1.807) is 0 Å². The van der Waals surface area contributed by atoms with Gasteiger partial charge in [-0.3, -0.25) is 0 Å². The fraction of sp³-hybridized carbons (Fsp3) is 0.286. The monoisotopic (exact) mass is 259 g/mol. The summed E-state index contributed by atoms with van der Waals surface area (Å²) >= 11 is 7.84. The molecule has 1 heterocycles. The molecule has 0 spiro atoms. The van der Waals surface area contributed by atoms with Gasteiger partial charge in [0.05, 0.1) is 6.20 Å². The third-order valence-corrected chi connectivity index (χ3v) is 3.18. The number of rotatable bonds is 4. The van der Waals surface area contributed by atoms with E-state index in [9.17, 15) is 13.2 Å². The molecule has 0 radical (unpaired) electrons. The Morgan fingerprint density at radius 2 is 2.21 bits per heavy atom. The lowest BCUT2D eigenvalue weighted by Gasteiger charge is -1.97. The van der Waals surface area contributed by atoms with Crippen LogP contribution >= 0.6 is 34.7 Å². The van der Waals surface area contributed by atoms with Gasteiger partial charge in [-0.15, -0.1) is 0 Å². The Kier molecular flexibility index (Phi) is 4.77. The first kappa shape index (κ1) is 11.9. The lowest BCUT2D eigenvalue weighted by atomic mass is 10.4. The standard InChI is InChI=1S/C7H5ClF3NS2/c8-5-3-12-7(14-5)13-2-1-4(9)6(10)11/h1-4,6H. The molecule has 0 N–H and O–H groups in total. The second-order valence-electron chi connectivity index (χ2n) is 2.16. The highest BCUT2D eigenvalue weighted by Gasteiger charge is 2.14. The van der Waals surface area contributed by atoms with Gasteiger partial charge in [-0.05, 0) is 11.5 Å². The van der Waals surface area contributed by atoms with Gasteiger partial charge in [0, 0.05) is 0 Å². The van der Waals surface area contributed by atoms with Crippen LogP contribution in [-0.2, 0) is 0 Å². The van der Waals surface area contributed by atoms with Crippen LogP contribution in [0.5, 0.6) is 0 Å². The van der Waals surface area contributed by atoms with Crippen LogP contribution in [0.2, 0.25) is 4.34 Å².